The fourth-order valence-electron chi connectivity index (χ4n) is 3.82. The SMILES string of the molecule is O=C(CCn1cnc2ccccc2c1=O)N(CCc1cccs1)C1CCOCC1. The summed E-state index contributed by atoms with van der Waals surface area (Å²) < 4.78 is 7.02. The van der Waals surface area contributed by atoms with Gasteiger partial charge in [0.15, 0.2) is 0 Å². The number of rotatable bonds is 7. The first-order valence-electron chi connectivity index (χ1n) is 10.1. The van der Waals surface area contributed by atoms with Gasteiger partial charge in [0, 0.05) is 43.6 Å². The number of carbonyl (C=O) groups is 1. The highest BCUT2D eigenvalue weighted by atomic mass is 32.1. The number of nitrogens with zero attached hydrogens (tertiary/aromatic N) is 3. The number of carbonyl (C=O) groups excluding carboxylic acids is 1. The largest absolute Gasteiger partial charge is 0.381 e. The summed E-state index contributed by atoms with van der Waals surface area (Å²) >= 11 is 1.72. The van der Waals surface area contributed by atoms with E-state index >= 15 is 0 Å². The van der Waals surface area contributed by atoms with E-state index in [0.29, 0.717) is 43.6 Å². The Morgan fingerprint density at radius 1 is 1.21 bits per heavy atom. The number of benzene rings is 1. The fraction of sp³-hybridized carbons (Fsp3) is 0.409. The van der Waals surface area contributed by atoms with Gasteiger partial charge in [0.05, 0.1) is 17.2 Å². The molecule has 2 aromatic heterocycles. The molecule has 1 aliphatic rings. The minimum atomic E-state index is -0.0976. The zero-order valence-electron chi connectivity index (χ0n) is 16.3. The summed E-state index contributed by atoms with van der Waals surface area (Å²) in [7, 11) is 0. The molecule has 4 rings (SSSR count). The lowest BCUT2D eigenvalue weighted by Crippen LogP contribution is -2.45. The van der Waals surface area contributed by atoms with Gasteiger partial charge in [-0.1, -0.05) is 18.2 Å². The summed E-state index contributed by atoms with van der Waals surface area (Å²) in [5, 5.41) is 2.65. The van der Waals surface area contributed by atoms with Crippen LogP contribution in [-0.4, -0.2) is 46.2 Å². The minimum Gasteiger partial charge on any atom is -0.381 e. The highest BCUT2D eigenvalue weighted by Crippen LogP contribution is 2.18. The highest BCUT2D eigenvalue weighted by molar-refractivity contribution is 7.09. The Kier molecular flexibility index (Phi) is 6.36. The molecule has 152 valence electrons. The first-order valence-corrected chi connectivity index (χ1v) is 10.9. The van der Waals surface area contributed by atoms with Crippen molar-refractivity contribution in [1.82, 2.24) is 14.5 Å². The second kappa shape index (κ2) is 9.33. The normalized spacial score (nSPS) is 14.9. The van der Waals surface area contributed by atoms with Crippen LogP contribution in [0, 0.1) is 0 Å². The predicted octanol–water partition coefficient (Wildman–Crippen LogP) is 3.10. The summed E-state index contributed by atoms with van der Waals surface area (Å²) in [4.78, 5) is 33.4. The van der Waals surface area contributed by atoms with Crippen molar-refractivity contribution in [1.29, 1.82) is 0 Å². The van der Waals surface area contributed by atoms with Crippen LogP contribution in [0.2, 0.25) is 0 Å². The maximum absolute atomic E-state index is 13.1. The van der Waals surface area contributed by atoms with Gasteiger partial charge in [-0.05, 0) is 42.8 Å². The number of hydrogen-bond donors (Lipinski definition) is 0. The third-order valence-corrected chi connectivity index (χ3v) is 6.37. The number of thiophene rings is 1. The third kappa shape index (κ3) is 4.74. The number of hydrogen-bond acceptors (Lipinski definition) is 5. The first-order chi connectivity index (χ1) is 14.2. The van der Waals surface area contributed by atoms with Gasteiger partial charge in [0.25, 0.3) is 5.56 Å². The molecule has 0 spiro atoms. The van der Waals surface area contributed by atoms with Crippen LogP contribution in [0.25, 0.3) is 10.9 Å². The van der Waals surface area contributed by atoms with Crippen molar-refractivity contribution in [2.75, 3.05) is 19.8 Å². The van der Waals surface area contributed by atoms with Crippen LogP contribution in [-0.2, 0) is 22.5 Å². The lowest BCUT2D eigenvalue weighted by atomic mass is 10.1. The molecule has 3 heterocycles. The second-order valence-corrected chi connectivity index (χ2v) is 8.30. The van der Waals surface area contributed by atoms with Gasteiger partial charge < -0.3 is 9.64 Å². The third-order valence-electron chi connectivity index (χ3n) is 5.43. The molecule has 0 unspecified atom stereocenters. The van der Waals surface area contributed by atoms with Crippen LogP contribution in [0.4, 0.5) is 0 Å². The van der Waals surface area contributed by atoms with Crippen LogP contribution < -0.4 is 5.56 Å². The van der Waals surface area contributed by atoms with Gasteiger partial charge in [0.1, 0.15) is 0 Å². The van der Waals surface area contributed by atoms with Crippen LogP contribution in [0.1, 0.15) is 24.1 Å². The molecule has 0 bridgehead atoms. The summed E-state index contributed by atoms with van der Waals surface area (Å²) in [6.45, 7) is 2.44. The number of para-hydroxylation sites is 1. The van der Waals surface area contributed by atoms with Crippen molar-refractivity contribution >= 4 is 28.1 Å². The van der Waals surface area contributed by atoms with E-state index in [0.717, 1.165) is 19.3 Å². The first kappa shape index (κ1) is 19.8. The van der Waals surface area contributed by atoms with E-state index in [-0.39, 0.29) is 17.5 Å². The van der Waals surface area contributed by atoms with Crippen LogP contribution in [0.3, 0.4) is 0 Å². The molecule has 0 N–H and O–H groups in total. The van der Waals surface area contributed by atoms with Crippen LogP contribution in [0.5, 0.6) is 0 Å². The van der Waals surface area contributed by atoms with E-state index in [4.69, 9.17) is 4.74 Å². The smallest absolute Gasteiger partial charge is 0.261 e. The van der Waals surface area contributed by atoms with Gasteiger partial charge in [-0.15, -0.1) is 11.3 Å². The zero-order chi connectivity index (χ0) is 20.1. The average molecular weight is 412 g/mol. The Hall–Kier alpha value is -2.51. The number of ether oxygens (including phenoxy) is 1. The molecule has 0 saturated carbocycles. The van der Waals surface area contributed by atoms with E-state index in [9.17, 15) is 9.59 Å². The lowest BCUT2D eigenvalue weighted by molar-refractivity contribution is -0.135. The van der Waals surface area contributed by atoms with Gasteiger partial charge in [0.2, 0.25) is 5.91 Å². The van der Waals surface area contributed by atoms with Crippen molar-refractivity contribution in [3.63, 3.8) is 0 Å². The number of fused-ring (bicyclic) bond motifs is 1. The van der Waals surface area contributed by atoms with Crippen LogP contribution >= 0.6 is 11.3 Å². The molecular formula is C22H25N3O3S. The van der Waals surface area contributed by atoms with E-state index < -0.39 is 0 Å². The average Bonchev–Trinajstić information content (AvgIpc) is 3.28. The Morgan fingerprint density at radius 3 is 2.83 bits per heavy atom. The summed E-state index contributed by atoms with van der Waals surface area (Å²) in [6.07, 6.45) is 4.43. The monoisotopic (exact) mass is 411 g/mol. The Labute approximate surface area is 173 Å². The van der Waals surface area contributed by atoms with E-state index in [1.165, 1.54) is 4.88 Å². The van der Waals surface area contributed by atoms with Gasteiger partial charge in [-0.25, -0.2) is 4.98 Å². The molecule has 6 nitrogen and oxygen atoms in total. The quantitative estimate of drug-likeness (QED) is 0.599. The van der Waals surface area contributed by atoms with Gasteiger partial charge in [-0.3, -0.25) is 14.2 Å². The second-order valence-electron chi connectivity index (χ2n) is 7.27. The molecule has 0 radical (unpaired) electrons. The molecule has 0 aliphatic carbocycles. The maximum atomic E-state index is 13.1. The molecule has 1 amide bonds. The van der Waals surface area contributed by atoms with Crippen LogP contribution in [0.15, 0.2) is 52.9 Å². The standard InChI is InChI=1S/C22H25N3O3S/c26-21(8-11-24-16-23-20-6-2-1-5-19(20)22(24)27)25(17-9-13-28-14-10-17)12-7-18-4-3-15-29-18/h1-6,15-17H,7-14H2. The minimum absolute atomic E-state index is 0.0912. The molecule has 1 aliphatic heterocycles. The number of amides is 1. The fourth-order valence-corrected chi connectivity index (χ4v) is 4.52. The van der Waals surface area contributed by atoms with E-state index in [2.05, 4.69) is 16.4 Å². The molecule has 1 fully saturated rings. The molecule has 0 atom stereocenters. The number of aromatic nitrogens is 2. The Morgan fingerprint density at radius 2 is 2.03 bits per heavy atom. The number of aryl methyl sites for hydroxylation is 1. The molecular weight excluding hydrogens is 386 g/mol. The van der Waals surface area contributed by atoms with E-state index in [1.807, 2.05) is 29.2 Å². The van der Waals surface area contributed by atoms with Crippen molar-refractivity contribution < 1.29 is 9.53 Å². The zero-order valence-corrected chi connectivity index (χ0v) is 17.1. The maximum Gasteiger partial charge on any atom is 0.261 e. The van der Waals surface area contributed by atoms with Gasteiger partial charge >= 0.3 is 0 Å². The van der Waals surface area contributed by atoms with E-state index in [1.54, 1.807) is 28.3 Å². The van der Waals surface area contributed by atoms with Crippen molar-refractivity contribution in [3.8, 4) is 0 Å². The van der Waals surface area contributed by atoms with Crippen molar-refractivity contribution in [2.45, 2.75) is 38.3 Å². The molecule has 1 saturated heterocycles. The van der Waals surface area contributed by atoms with Crippen molar-refractivity contribution in [3.05, 3.63) is 63.3 Å². The van der Waals surface area contributed by atoms with Crippen molar-refractivity contribution in [2.24, 2.45) is 0 Å². The molecule has 1 aromatic carbocycles. The Bertz CT molecular complexity index is 1010. The summed E-state index contributed by atoms with van der Waals surface area (Å²) in [6, 6.07) is 11.7. The lowest BCUT2D eigenvalue weighted by Gasteiger charge is -2.34. The summed E-state index contributed by atoms with van der Waals surface area (Å²) in [5.74, 6) is 0.0912. The predicted molar refractivity (Wildman–Crippen MR) is 114 cm³/mol. The molecule has 29 heavy (non-hydrogen) atoms. The molecule has 3 aromatic rings. The topological polar surface area (TPSA) is 64.4 Å². The Balaban J connectivity index is 1.45. The summed E-state index contributed by atoms with van der Waals surface area (Å²) in [5.41, 5.74) is 0.583. The molecule has 7 heteroatoms. The highest BCUT2D eigenvalue weighted by Gasteiger charge is 2.25. The van der Waals surface area contributed by atoms with Gasteiger partial charge in [-0.2, -0.15) is 0 Å².